The van der Waals surface area contributed by atoms with Gasteiger partial charge >= 0.3 is 0 Å². The highest BCUT2D eigenvalue weighted by Gasteiger charge is 2.27. The van der Waals surface area contributed by atoms with Crippen LogP contribution in [0.25, 0.3) is 11.0 Å². The Kier molecular flexibility index (Phi) is 5.80. The van der Waals surface area contributed by atoms with E-state index in [0.29, 0.717) is 29.1 Å². The van der Waals surface area contributed by atoms with Crippen molar-refractivity contribution in [3.8, 4) is 0 Å². The van der Waals surface area contributed by atoms with E-state index in [1.54, 1.807) is 11.1 Å². The van der Waals surface area contributed by atoms with E-state index < -0.39 is 5.82 Å². The zero-order valence-corrected chi connectivity index (χ0v) is 19.9. The highest BCUT2D eigenvalue weighted by molar-refractivity contribution is 6.10. The van der Waals surface area contributed by atoms with Crippen molar-refractivity contribution in [2.45, 2.75) is 39.7 Å². The monoisotopic (exact) mass is 471 g/mol. The number of halogens is 1. The summed E-state index contributed by atoms with van der Waals surface area (Å²) in [6.45, 7) is 6.50. The van der Waals surface area contributed by atoms with Gasteiger partial charge < -0.3 is 10.2 Å². The Morgan fingerprint density at radius 1 is 1.11 bits per heavy atom. The Balaban J connectivity index is 1.47. The summed E-state index contributed by atoms with van der Waals surface area (Å²) < 4.78 is 15.1. The van der Waals surface area contributed by atoms with E-state index in [9.17, 15) is 14.0 Å². The van der Waals surface area contributed by atoms with Crippen molar-refractivity contribution >= 4 is 34.2 Å². The largest absolute Gasteiger partial charge is 0.322 e. The maximum absolute atomic E-state index is 13.7. The molecule has 1 aliphatic heterocycles. The van der Waals surface area contributed by atoms with Crippen LogP contribution in [0, 0.1) is 12.7 Å². The van der Waals surface area contributed by atoms with Gasteiger partial charge in [-0.25, -0.2) is 14.1 Å². The van der Waals surface area contributed by atoms with Crippen molar-refractivity contribution in [3.05, 3.63) is 82.9 Å². The lowest BCUT2D eigenvalue weighted by Gasteiger charge is -2.31. The van der Waals surface area contributed by atoms with Crippen LogP contribution < -0.4 is 10.2 Å². The minimum absolute atomic E-state index is 0.128. The number of carbonyl (C=O) groups excluding carboxylic acids is 2. The number of nitrogens with zero attached hydrogens (tertiary/aromatic N) is 4. The Bertz CT molecular complexity index is 1440. The average molecular weight is 472 g/mol. The quantitative estimate of drug-likeness (QED) is 0.438. The summed E-state index contributed by atoms with van der Waals surface area (Å²) in [7, 11) is 0. The van der Waals surface area contributed by atoms with Crippen LogP contribution in [-0.2, 0) is 6.42 Å². The van der Waals surface area contributed by atoms with Gasteiger partial charge in [0.1, 0.15) is 5.82 Å². The predicted molar refractivity (Wildman–Crippen MR) is 133 cm³/mol. The molecule has 4 aromatic rings. The van der Waals surface area contributed by atoms with Crippen LogP contribution in [0.5, 0.6) is 0 Å². The molecule has 1 N–H and O–H groups in total. The van der Waals surface area contributed by atoms with E-state index in [1.165, 1.54) is 24.3 Å². The fourth-order valence-corrected chi connectivity index (χ4v) is 4.55. The van der Waals surface area contributed by atoms with Crippen LogP contribution in [0.2, 0.25) is 0 Å². The van der Waals surface area contributed by atoms with Crippen molar-refractivity contribution in [1.82, 2.24) is 14.8 Å². The third-order valence-electron chi connectivity index (χ3n) is 6.33. The molecule has 3 heterocycles. The molecule has 0 aliphatic carbocycles. The average Bonchev–Trinajstić information content (AvgIpc) is 3.26. The number of amides is 2. The molecule has 0 fully saturated rings. The van der Waals surface area contributed by atoms with Crippen LogP contribution >= 0.6 is 0 Å². The van der Waals surface area contributed by atoms with Crippen LogP contribution in [0.3, 0.4) is 0 Å². The van der Waals surface area contributed by atoms with Crippen LogP contribution in [-0.4, -0.2) is 33.1 Å². The second-order valence-electron chi connectivity index (χ2n) is 9.04. The smallest absolute Gasteiger partial charge is 0.260 e. The van der Waals surface area contributed by atoms with Gasteiger partial charge in [-0.3, -0.25) is 9.59 Å². The van der Waals surface area contributed by atoms with Gasteiger partial charge in [-0.1, -0.05) is 6.07 Å². The molecule has 0 unspecified atom stereocenters. The van der Waals surface area contributed by atoms with E-state index >= 15 is 0 Å². The molecule has 0 saturated heterocycles. The Morgan fingerprint density at radius 3 is 2.63 bits per heavy atom. The first-order valence-corrected chi connectivity index (χ1v) is 11.7. The molecular weight excluding hydrogens is 445 g/mol. The van der Waals surface area contributed by atoms with E-state index in [-0.39, 0.29) is 17.9 Å². The van der Waals surface area contributed by atoms with Crippen LogP contribution in [0.15, 0.2) is 54.7 Å². The minimum atomic E-state index is -0.396. The van der Waals surface area contributed by atoms with Crippen LogP contribution in [0.1, 0.15) is 58.3 Å². The number of carbonyl (C=O) groups is 2. The molecule has 8 heteroatoms. The van der Waals surface area contributed by atoms with Gasteiger partial charge in [0, 0.05) is 34.9 Å². The van der Waals surface area contributed by atoms with E-state index in [2.05, 4.69) is 10.4 Å². The van der Waals surface area contributed by atoms with Crippen molar-refractivity contribution in [1.29, 1.82) is 0 Å². The summed E-state index contributed by atoms with van der Waals surface area (Å²) >= 11 is 0. The maximum Gasteiger partial charge on any atom is 0.260 e. The van der Waals surface area contributed by atoms with E-state index in [0.717, 1.165) is 35.1 Å². The van der Waals surface area contributed by atoms with Gasteiger partial charge in [0.05, 0.1) is 17.5 Å². The number of pyridine rings is 1. The highest BCUT2D eigenvalue weighted by atomic mass is 19.1. The molecule has 2 amide bonds. The Labute approximate surface area is 202 Å². The number of fused-ring (bicyclic) bond motifs is 2. The molecule has 0 bridgehead atoms. The third-order valence-corrected chi connectivity index (χ3v) is 6.33. The SMILES string of the molecule is Cc1nc2c(cnn2C(C)C)cc1C(=O)N1CCCc2c(NC(=O)c3ccc(F)cc3)cccc21. The van der Waals surface area contributed by atoms with Crippen molar-refractivity contribution < 1.29 is 14.0 Å². The summed E-state index contributed by atoms with van der Waals surface area (Å²) in [6.07, 6.45) is 3.24. The number of nitrogens with one attached hydrogen (secondary N) is 1. The molecule has 0 spiro atoms. The first-order chi connectivity index (χ1) is 16.8. The number of benzene rings is 2. The standard InChI is InChI=1S/C27H26FN5O2/c1-16(2)33-25-19(15-29-33)14-22(17(3)30-25)27(35)32-13-5-6-21-23(7-4-8-24(21)32)31-26(34)18-9-11-20(28)12-10-18/h4,7-12,14-16H,5-6,13H2,1-3H3,(H,31,34). The molecular formula is C27H26FN5O2. The summed E-state index contributed by atoms with van der Waals surface area (Å²) in [5, 5.41) is 8.18. The zero-order chi connectivity index (χ0) is 24.7. The number of aromatic nitrogens is 3. The lowest BCUT2D eigenvalue weighted by Crippen LogP contribution is -2.36. The van der Waals surface area contributed by atoms with Crippen molar-refractivity contribution in [2.75, 3.05) is 16.8 Å². The number of hydrogen-bond donors (Lipinski definition) is 1. The van der Waals surface area contributed by atoms with Gasteiger partial charge in [0.25, 0.3) is 11.8 Å². The zero-order valence-electron chi connectivity index (χ0n) is 19.9. The maximum atomic E-state index is 13.7. The summed E-state index contributed by atoms with van der Waals surface area (Å²) in [6, 6.07) is 13.0. The molecule has 5 rings (SSSR count). The summed E-state index contributed by atoms with van der Waals surface area (Å²) in [5.41, 5.74) is 4.64. The summed E-state index contributed by atoms with van der Waals surface area (Å²) in [4.78, 5) is 32.9. The fourth-order valence-electron chi connectivity index (χ4n) is 4.55. The Hall–Kier alpha value is -4.07. The predicted octanol–water partition coefficient (Wildman–Crippen LogP) is 5.31. The number of anilines is 2. The van der Waals surface area contributed by atoms with Gasteiger partial charge in [0.15, 0.2) is 5.65 Å². The molecule has 2 aromatic heterocycles. The lowest BCUT2D eigenvalue weighted by atomic mass is 9.98. The Morgan fingerprint density at radius 2 is 1.89 bits per heavy atom. The molecule has 35 heavy (non-hydrogen) atoms. The van der Waals surface area contributed by atoms with Crippen molar-refractivity contribution in [3.63, 3.8) is 0 Å². The number of aryl methyl sites for hydroxylation is 1. The fraction of sp³-hybridized carbons (Fsp3) is 0.259. The van der Waals surface area contributed by atoms with Gasteiger partial charge in [-0.2, -0.15) is 5.10 Å². The molecule has 1 aliphatic rings. The molecule has 0 atom stereocenters. The first kappa shape index (κ1) is 22.7. The second kappa shape index (κ2) is 8.94. The highest BCUT2D eigenvalue weighted by Crippen LogP contribution is 2.34. The van der Waals surface area contributed by atoms with Crippen LogP contribution in [0.4, 0.5) is 15.8 Å². The first-order valence-electron chi connectivity index (χ1n) is 11.7. The van der Waals surface area contributed by atoms with Gasteiger partial charge in [-0.05, 0) is 81.6 Å². The number of rotatable bonds is 4. The van der Waals surface area contributed by atoms with E-state index in [1.807, 2.05) is 49.7 Å². The molecule has 178 valence electrons. The normalized spacial score (nSPS) is 13.2. The summed E-state index contributed by atoms with van der Waals surface area (Å²) in [5.74, 6) is -0.848. The molecule has 0 radical (unpaired) electrons. The minimum Gasteiger partial charge on any atom is -0.322 e. The molecule has 0 saturated carbocycles. The van der Waals surface area contributed by atoms with E-state index in [4.69, 9.17) is 4.98 Å². The molecule has 2 aromatic carbocycles. The molecule has 7 nitrogen and oxygen atoms in total. The number of hydrogen-bond acceptors (Lipinski definition) is 4. The van der Waals surface area contributed by atoms with Gasteiger partial charge in [0.2, 0.25) is 0 Å². The lowest BCUT2D eigenvalue weighted by molar-refractivity contribution is 0.0983. The second-order valence-corrected chi connectivity index (χ2v) is 9.04. The van der Waals surface area contributed by atoms with Gasteiger partial charge in [-0.15, -0.1) is 0 Å². The third kappa shape index (κ3) is 4.16. The topological polar surface area (TPSA) is 80.1 Å². The van der Waals surface area contributed by atoms with Crippen molar-refractivity contribution in [2.24, 2.45) is 0 Å².